The van der Waals surface area contributed by atoms with Gasteiger partial charge in [-0.05, 0) is 96.0 Å². The minimum absolute atomic E-state index is 0.0835. The van der Waals surface area contributed by atoms with E-state index < -0.39 is 0 Å². The fourth-order valence-corrected chi connectivity index (χ4v) is 2.78. The summed E-state index contributed by atoms with van der Waals surface area (Å²) in [7, 11) is 0. The van der Waals surface area contributed by atoms with Gasteiger partial charge in [0.2, 0.25) is 0 Å². The number of halogens is 2. The van der Waals surface area contributed by atoms with Crippen LogP contribution in [0.1, 0.15) is 38.1 Å². The molecule has 0 spiro atoms. The highest BCUT2D eigenvalue weighted by Crippen LogP contribution is 2.16. The normalized spacial score (nSPS) is 9.67. The van der Waals surface area contributed by atoms with Gasteiger partial charge in [-0.2, -0.15) is 0 Å². The number of pyridine rings is 2. The molecule has 0 aliphatic rings. The van der Waals surface area contributed by atoms with E-state index >= 15 is 0 Å². The number of hydrogen-bond donors (Lipinski definition) is 1. The highest BCUT2D eigenvalue weighted by atomic mass is 79.9. The van der Waals surface area contributed by atoms with Crippen molar-refractivity contribution in [3.8, 4) is 5.69 Å². The van der Waals surface area contributed by atoms with Gasteiger partial charge >= 0.3 is 0 Å². The third-order valence-corrected chi connectivity index (χ3v) is 4.76. The Morgan fingerprint density at radius 1 is 0.833 bits per heavy atom. The lowest BCUT2D eigenvalue weighted by atomic mass is 10.2. The van der Waals surface area contributed by atoms with Crippen LogP contribution in [0.25, 0.3) is 5.69 Å². The molecule has 160 valence electrons. The predicted octanol–water partition coefficient (Wildman–Crippen LogP) is 5.62. The smallest absolute Gasteiger partial charge is 0.130 e. The van der Waals surface area contributed by atoms with E-state index in [1.807, 2.05) is 12.3 Å². The van der Waals surface area contributed by atoms with E-state index in [1.54, 1.807) is 18.3 Å². The molecule has 0 saturated carbocycles. The van der Waals surface area contributed by atoms with Gasteiger partial charge in [-0.15, -0.1) is 0 Å². The van der Waals surface area contributed by atoms with Gasteiger partial charge in [-0.25, -0.2) is 9.97 Å². The van der Waals surface area contributed by atoms with Gasteiger partial charge < -0.3 is 19.9 Å². The SMILES string of the molecule is CC(=O)CCC(C)=O.Cc1ccc(C)n1-c1ccc(Br)nc1.Nc1ccc(Br)nc1. The molecule has 3 rings (SSSR count). The maximum Gasteiger partial charge on any atom is 0.130 e. The number of nitrogens with zero attached hydrogens (tertiary/aromatic N) is 3. The molecule has 0 atom stereocenters. The van der Waals surface area contributed by atoms with Crippen molar-refractivity contribution in [2.75, 3.05) is 5.73 Å². The lowest BCUT2D eigenvalue weighted by Crippen LogP contribution is -1.98. The maximum absolute atomic E-state index is 10.2. The summed E-state index contributed by atoms with van der Waals surface area (Å²) in [4.78, 5) is 28.5. The van der Waals surface area contributed by atoms with Crippen molar-refractivity contribution < 1.29 is 9.59 Å². The summed E-state index contributed by atoms with van der Waals surface area (Å²) >= 11 is 6.50. The monoisotopic (exact) mass is 536 g/mol. The topological polar surface area (TPSA) is 90.9 Å². The second-order valence-electron chi connectivity index (χ2n) is 6.61. The van der Waals surface area contributed by atoms with Gasteiger partial charge in [-0.3, -0.25) is 0 Å². The Balaban J connectivity index is 0.000000243. The standard InChI is InChI=1S/C11H11BrN2.C6H10O2.C5H5BrN2/c1-8-3-4-9(2)14(8)10-5-6-11(12)13-7-10;1-5(7)3-4-6(2)8;6-5-2-1-4(7)3-8-5/h3-7H,1-2H3;3-4H2,1-2H3;1-3H,7H2. The number of carbonyl (C=O) groups is 2. The van der Waals surface area contributed by atoms with Gasteiger partial charge in [0.1, 0.15) is 20.8 Å². The summed E-state index contributed by atoms with van der Waals surface area (Å²) in [5.41, 5.74) is 9.59. The molecule has 8 heteroatoms. The highest BCUT2D eigenvalue weighted by molar-refractivity contribution is 9.10. The van der Waals surface area contributed by atoms with E-state index in [0.29, 0.717) is 18.5 Å². The van der Waals surface area contributed by atoms with Crippen LogP contribution >= 0.6 is 31.9 Å². The molecule has 2 N–H and O–H groups in total. The van der Waals surface area contributed by atoms with Crippen molar-refractivity contribution in [2.45, 2.75) is 40.5 Å². The molecule has 3 aromatic rings. The average molecular weight is 538 g/mol. The van der Waals surface area contributed by atoms with E-state index in [2.05, 4.69) is 78.4 Å². The van der Waals surface area contributed by atoms with Gasteiger partial charge in [0.25, 0.3) is 0 Å². The number of nitrogens with two attached hydrogens (primary N) is 1. The van der Waals surface area contributed by atoms with Crippen molar-refractivity contribution in [2.24, 2.45) is 0 Å². The number of rotatable bonds is 4. The lowest BCUT2D eigenvalue weighted by Gasteiger charge is -2.08. The molecule has 0 aromatic carbocycles. The summed E-state index contributed by atoms with van der Waals surface area (Å²) in [6.07, 6.45) is 4.26. The number of anilines is 1. The van der Waals surface area contributed by atoms with Crippen LogP contribution in [0.2, 0.25) is 0 Å². The molecule has 0 amide bonds. The van der Waals surface area contributed by atoms with Crippen molar-refractivity contribution in [3.05, 3.63) is 69.4 Å². The molecule has 0 unspecified atom stereocenters. The van der Waals surface area contributed by atoms with E-state index in [0.717, 1.165) is 14.9 Å². The molecular formula is C22H26Br2N4O2. The number of carbonyl (C=O) groups excluding carboxylic acids is 2. The molecule has 0 aliphatic heterocycles. The summed E-state index contributed by atoms with van der Waals surface area (Å²) in [5, 5.41) is 0. The number of hydrogen-bond acceptors (Lipinski definition) is 5. The molecule has 0 radical (unpaired) electrons. The van der Waals surface area contributed by atoms with Gasteiger partial charge in [0.05, 0.1) is 23.8 Å². The quantitative estimate of drug-likeness (QED) is 0.436. The molecule has 30 heavy (non-hydrogen) atoms. The molecule has 0 aliphatic carbocycles. The third kappa shape index (κ3) is 9.93. The van der Waals surface area contributed by atoms with Crippen LogP contribution in [-0.4, -0.2) is 26.1 Å². The van der Waals surface area contributed by atoms with E-state index in [1.165, 1.54) is 25.2 Å². The van der Waals surface area contributed by atoms with Crippen LogP contribution in [0.15, 0.2) is 58.0 Å². The zero-order chi connectivity index (χ0) is 22.7. The first-order valence-electron chi connectivity index (χ1n) is 9.23. The van der Waals surface area contributed by atoms with Crippen LogP contribution in [0, 0.1) is 13.8 Å². The van der Waals surface area contributed by atoms with Gasteiger partial charge in [0.15, 0.2) is 0 Å². The number of ketones is 2. The van der Waals surface area contributed by atoms with E-state index in [4.69, 9.17) is 5.73 Å². The number of nitrogen functional groups attached to an aromatic ring is 1. The Morgan fingerprint density at radius 3 is 1.63 bits per heavy atom. The minimum Gasteiger partial charge on any atom is -0.397 e. The van der Waals surface area contributed by atoms with E-state index in [9.17, 15) is 9.59 Å². The van der Waals surface area contributed by atoms with Gasteiger partial charge in [-0.1, -0.05) is 0 Å². The first-order valence-corrected chi connectivity index (χ1v) is 10.8. The Labute approximate surface area is 194 Å². The van der Waals surface area contributed by atoms with Crippen LogP contribution < -0.4 is 5.73 Å². The molecular weight excluding hydrogens is 512 g/mol. The molecule has 3 heterocycles. The first-order chi connectivity index (χ1) is 14.1. The first kappa shape index (κ1) is 25.7. The third-order valence-electron chi connectivity index (χ3n) is 3.82. The summed E-state index contributed by atoms with van der Waals surface area (Å²) in [6, 6.07) is 11.8. The zero-order valence-electron chi connectivity index (χ0n) is 17.5. The average Bonchev–Trinajstić information content (AvgIpc) is 3.03. The van der Waals surface area contributed by atoms with Crippen molar-refractivity contribution in [1.82, 2.24) is 14.5 Å². The molecule has 0 bridgehead atoms. The minimum atomic E-state index is 0.0835. The fourth-order valence-electron chi connectivity index (χ4n) is 2.32. The Bertz CT molecular complexity index is 898. The van der Waals surface area contributed by atoms with Crippen molar-refractivity contribution in [3.63, 3.8) is 0 Å². The lowest BCUT2D eigenvalue weighted by molar-refractivity contribution is -0.122. The fraction of sp³-hybridized carbons (Fsp3) is 0.273. The highest BCUT2D eigenvalue weighted by Gasteiger charge is 2.03. The molecule has 0 saturated heterocycles. The summed E-state index contributed by atoms with van der Waals surface area (Å²) in [5.74, 6) is 0.167. The van der Waals surface area contributed by atoms with Crippen LogP contribution in [-0.2, 0) is 9.59 Å². The van der Waals surface area contributed by atoms with Crippen LogP contribution in [0.5, 0.6) is 0 Å². The second kappa shape index (κ2) is 13.1. The number of aromatic nitrogens is 3. The summed E-state index contributed by atoms with van der Waals surface area (Å²) in [6.45, 7) is 7.16. The second-order valence-corrected chi connectivity index (χ2v) is 8.23. The van der Waals surface area contributed by atoms with Crippen molar-refractivity contribution in [1.29, 1.82) is 0 Å². The summed E-state index contributed by atoms with van der Waals surface area (Å²) < 4.78 is 3.86. The molecule has 0 fully saturated rings. The van der Waals surface area contributed by atoms with Crippen molar-refractivity contribution >= 4 is 49.1 Å². The zero-order valence-corrected chi connectivity index (χ0v) is 20.7. The predicted molar refractivity (Wildman–Crippen MR) is 128 cm³/mol. The maximum atomic E-state index is 10.2. The van der Waals surface area contributed by atoms with Crippen LogP contribution in [0.4, 0.5) is 5.69 Å². The van der Waals surface area contributed by atoms with Crippen LogP contribution in [0.3, 0.4) is 0 Å². The largest absolute Gasteiger partial charge is 0.397 e. The molecule has 6 nitrogen and oxygen atoms in total. The molecule has 3 aromatic heterocycles. The Kier molecular flexibility index (Phi) is 11.2. The number of aryl methyl sites for hydroxylation is 2. The Morgan fingerprint density at radius 2 is 1.30 bits per heavy atom. The van der Waals surface area contributed by atoms with E-state index in [-0.39, 0.29) is 11.6 Å². The Hall–Kier alpha value is -2.32. The van der Waals surface area contributed by atoms with Gasteiger partial charge in [0, 0.05) is 24.2 Å². The number of Topliss-reactive ketones (excluding diaryl/α,β-unsaturated/α-hetero) is 2.